The van der Waals surface area contributed by atoms with Crippen molar-refractivity contribution in [2.75, 3.05) is 4.90 Å². The molecule has 11 aromatic rings. The largest absolute Gasteiger partial charge is 0.310 e. The van der Waals surface area contributed by atoms with Gasteiger partial charge in [0.05, 0.1) is 0 Å². The fourth-order valence-corrected chi connectivity index (χ4v) is 9.90. The molecule has 0 atom stereocenters. The van der Waals surface area contributed by atoms with Crippen LogP contribution in [0.3, 0.4) is 0 Å². The summed E-state index contributed by atoms with van der Waals surface area (Å²) in [7, 11) is 0. The van der Waals surface area contributed by atoms with Gasteiger partial charge in [0.15, 0.2) is 0 Å². The summed E-state index contributed by atoms with van der Waals surface area (Å²) in [6, 6.07) is 77.7. The average molecular weight is 730 g/mol. The van der Waals surface area contributed by atoms with E-state index < -0.39 is 0 Å². The van der Waals surface area contributed by atoms with Gasteiger partial charge in [-0.15, -0.1) is 11.3 Å². The summed E-state index contributed by atoms with van der Waals surface area (Å²) in [5.41, 5.74) is 10.6. The number of anilines is 3. The van der Waals surface area contributed by atoms with Crippen molar-refractivity contribution >= 4 is 80.9 Å². The highest BCUT2D eigenvalue weighted by Gasteiger charge is 2.18. The van der Waals surface area contributed by atoms with Gasteiger partial charge >= 0.3 is 0 Å². The molecule has 0 aliphatic heterocycles. The molecule has 0 aliphatic rings. The van der Waals surface area contributed by atoms with Crippen LogP contribution in [-0.2, 0) is 0 Å². The zero-order chi connectivity index (χ0) is 37.0. The van der Waals surface area contributed by atoms with E-state index in [4.69, 9.17) is 0 Å². The van der Waals surface area contributed by atoms with Gasteiger partial charge in [-0.3, -0.25) is 0 Å². The van der Waals surface area contributed by atoms with Crippen molar-refractivity contribution in [3.8, 4) is 33.4 Å². The van der Waals surface area contributed by atoms with Crippen LogP contribution in [0.2, 0.25) is 0 Å². The second-order valence-corrected chi connectivity index (χ2v) is 15.5. The lowest BCUT2D eigenvalue weighted by molar-refractivity contribution is 1.29. The van der Waals surface area contributed by atoms with Crippen LogP contribution in [0.4, 0.5) is 17.1 Å². The maximum atomic E-state index is 2.42. The van der Waals surface area contributed by atoms with Crippen molar-refractivity contribution in [1.29, 1.82) is 0 Å². The number of fused-ring (bicyclic) bond motifs is 9. The van der Waals surface area contributed by atoms with Crippen LogP contribution in [-0.4, -0.2) is 0 Å². The van der Waals surface area contributed by atoms with E-state index >= 15 is 0 Å². The number of hydrogen-bond donors (Lipinski definition) is 0. The first-order chi connectivity index (χ1) is 27.8. The molecule has 0 amide bonds. The van der Waals surface area contributed by atoms with E-state index in [2.05, 4.69) is 217 Å². The summed E-state index contributed by atoms with van der Waals surface area (Å²) in [5.74, 6) is 0. The molecular formula is C54H35NS. The molecule has 0 aliphatic carbocycles. The minimum Gasteiger partial charge on any atom is -0.310 e. The first-order valence-corrected chi connectivity index (χ1v) is 20.0. The maximum Gasteiger partial charge on any atom is 0.0468 e. The van der Waals surface area contributed by atoms with Gasteiger partial charge in [-0.1, -0.05) is 170 Å². The van der Waals surface area contributed by atoms with Gasteiger partial charge < -0.3 is 4.90 Å². The van der Waals surface area contributed by atoms with Crippen LogP contribution >= 0.6 is 11.3 Å². The minimum absolute atomic E-state index is 1.11. The lowest BCUT2D eigenvalue weighted by atomic mass is 9.93. The molecule has 11 rings (SSSR count). The Hall–Kier alpha value is -7.00. The molecule has 0 fully saturated rings. The van der Waals surface area contributed by atoms with Crippen molar-refractivity contribution in [3.05, 3.63) is 212 Å². The third-order valence-corrected chi connectivity index (χ3v) is 12.5. The zero-order valence-electron chi connectivity index (χ0n) is 30.6. The van der Waals surface area contributed by atoms with Crippen molar-refractivity contribution < 1.29 is 0 Å². The van der Waals surface area contributed by atoms with Crippen LogP contribution in [0, 0.1) is 0 Å². The summed E-state index contributed by atoms with van der Waals surface area (Å²) >= 11 is 1.88. The fourth-order valence-electron chi connectivity index (χ4n) is 8.66. The standard InChI is InChI=1S/C54H35NS/c1-2-14-36(15-3-1)42-18-4-5-19-43(42)38-16-12-17-40(34-38)55(41-32-33-49-47-22-7-6-20-45(47)46-21-8-9-23-48(46)52(49)35-41)39-30-28-37(29-31-39)44-25-13-26-51-50-24-10-11-27-53(50)56-54(44)51/h1-35H. The predicted octanol–water partition coefficient (Wildman–Crippen LogP) is 16.0. The molecular weight excluding hydrogens is 695 g/mol. The third-order valence-electron chi connectivity index (χ3n) is 11.3. The average Bonchev–Trinajstić information content (AvgIpc) is 3.66. The van der Waals surface area contributed by atoms with Gasteiger partial charge in [-0.2, -0.15) is 0 Å². The van der Waals surface area contributed by atoms with Gasteiger partial charge in [-0.25, -0.2) is 0 Å². The Morgan fingerprint density at radius 2 is 0.750 bits per heavy atom. The quantitative estimate of drug-likeness (QED) is 0.154. The zero-order valence-corrected chi connectivity index (χ0v) is 31.4. The SMILES string of the molecule is c1ccc(-c2ccccc2-c2cccc(N(c3ccc(-c4cccc5c4sc4ccccc45)cc3)c3ccc4c5ccccc5c5ccccc5c4c3)c2)cc1. The second kappa shape index (κ2) is 13.4. The second-order valence-electron chi connectivity index (χ2n) is 14.4. The highest BCUT2D eigenvalue weighted by molar-refractivity contribution is 7.26. The molecule has 56 heavy (non-hydrogen) atoms. The molecule has 0 radical (unpaired) electrons. The Kier molecular flexibility index (Phi) is 7.75. The minimum atomic E-state index is 1.11. The third kappa shape index (κ3) is 5.38. The number of thiophene rings is 1. The summed E-state index contributed by atoms with van der Waals surface area (Å²) < 4.78 is 2.65. The van der Waals surface area contributed by atoms with Crippen molar-refractivity contribution in [2.24, 2.45) is 0 Å². The van der Waals surface area contributed by atoms with Gasteiger partial charge in [0.1, 0.15) is 0 Å². The van der Waals surface area contributed by atoms with E-state index in [-0.39, 0.29) is 0 Å². The van der Waals surface area contributed by atoms with Crippen molar-refractivity contribution in [1.82, 2.24) is 0 Å². The van der Waals surface area contributed by atoms with Crippen LogP contribution in [0.25, 0.3) is 85.9 Å². The van der Waals surface area contributed by atoms with Gasteiger partial charge in [-0.05, 0) is 108 Å². The van der Waals surface area contributed by atoms with E-state index in [1.807, 2.05) is 11.3 Å². The van der Waals surface area contributed by atoms with Crippen molar-refractivity contribution in [3.63, 3.8) is 0 Å². The van der Waals surface area contributed by atoms with E-state index in [1.54, 1.807) is 0 Å². The Balaban J connectivity index is 1.10. The first kappa shape index (κ1) is 32.4. The molecule has 262 valence electrons. The highest BCUT2D eigenvalue weighted by Crippen LogP contribution is 2.44. The summed E-state index contributed by atoms with van der Waals surface area (Å²) in [4.78, 5) is 2.42. The Labute approximate surface area is 330 Å². The molecule has 0 unspecified atom stereocenters. The number of nitrogens with zero attached hydrogens (tertiary/aromatic N) is 1. The van der Waals surface area contributed by atoms with Gasteiger partial charge in [0.25, 0.3) is 0 Å². The smallest absolute Gasteiger partial charge is 0.0468 e. The molecule has 0 N–H and O–H groups in total. The molecule has 0 bridgehead atoms. The monoisotopic (exact) mass is 729 g/mol. The number of rotatable bonds is 6. The van der Waals surface area contributed by atoms with Crippen LogP contribution in [0.1, 0.15) is 0 Å². The van der Waals surface area contributed by atoms with Crippen molar-refractivity contribution in [2.45, 2.75) is 0 Å². The predicted molar refractivity (Wildman–Crippen MR) is 243 cm³/mol. The van der Waals surface area contributed by atoms with Crippen LogP contribution in [0.5, 0.6) is 0 Å². The van der Waals surface area contributed by atoms with E-state index in [0.29, 0.717) is 0 Å². The van der Waals surface area contributed by atoms with Gasteiger partial charge in [0.2, 0.25) is 0 Å². The lowest BCUT2D eigenvalue weighted by Crippen LogP contribution is -2.10. The Morgan fingerprint density at radius 3 is 1.48 bits per heavy atom. The first-order valence-electron chi connectivity index (χ1n) is 19.2. The van der Waals surface area contributed by atoms with E-state index in [9.17, 15) is 0 Å². The molecule has 0 saturated carbocycles. The van der Waals surface area contributed by atoms with E-state index in [1.165, 1.54) is 85.9 Å². The molecule has 1 nitrogen and oxygen atoms in total. The fraction of sp³-hybridized carbons (Fsp3) is 0. The summed E-state index contributed by atoms with van der Waals surface area (Å²) in [6.45, 7) is 0. The highest BCUT2D eigenvalue weighted by atomic mass is 32.1. The topological polar surface area (TPSA) is 3.24 Å². The molecule has 2 heteroatoms. The normalized spacial score (nSPS) is 11.6. The van der Waals surface area contributed by atoms with Gasteiger partial charge in [0, 0.05) is 37.2 Å². The number of hydrogen-bond acceptors (Lipinski definition) is 2. The lowest BCUT2D eigenvalue weighted by Gasteiger charge is -2.27. The molecule has 0 saturated heterocycles. The van der Waals surface area contributed by atoms with Crippen LogP contribution < -0.4 is 4.90 Å². The molecule has 1 heterocycles. The summed E-state index contributed by atoms with van der Waals surface area (Å²) in [6.07, 6.45) is 0. The van der Waals surface area contributed by atoms with Crippen LogP contribution in [0.15, 0.2) is 212 Å². The molecule has 0 spiro atoms. The number of benzene rings is 10. The van der Waals surface area contributed by atoms with E-state index in [0.717, 1.165) is 17.1 Å². The Morgan fingerprint density at radius 1 is 0.268 bits per heavy atom. The molecule has 10 aromatic carbocycles. The maximum absolute atomic E-state index is 2.42. The summed E-state index contributed by atoms with van der Waals surface area (Å²) in [5, 5.41) is 10.3. The molecule has 1 aromatic heterocycles. The Bertz CT molecular complexity index is 3210.